The third-order valence-electron chi connectivity index (χ3n) is 4.90. The highest BCUT2D eigenvalue weighted by Crippen LogP contribution is 2.08. The van der Waals surface area contributed by atoms with Gasteiger partial charge < -0.3 is 15.4 Å². The number of nitrogens with one attached hydrogen (secondary N) is 2. The van der Waals surface area contributed by atoms with Gasteiger partial charge in [-0.05, 0) is 37.1 Å². The monoisotopic (exact) mass is 382 g/mol. The summed E-state index contributed by atoms with van der Waals surface area (Å²) in [5.41, 5.74) is 3.75. The molecule has 0 radical (unpaired) electrons. The largest absolute Gasteiger partial charge is 0.380 e. The van der Waals surface area contributed by atoms with Gasteiger partial charge >= 0.3 is 0 Å². The van der Waals surface area contributed by atoms with Crippen LogP contribution in [0.15, 0.2) is 59.6 Å². The molecular formula is C23H34N4O. The van der Waals surface area contributed by atoms with Gasteiger partial charge in [0.05, 0.1) is 6.61 Å². The van der Waals surface area contributed by atoms with Crippen LogP contribution in [0.4, 0.5) is 0 Å². The highest BCUT2D eigenvalue weighted by atomic mass is 16.5. The first-order valence-corrected chi connectivity index (χ1v) is 9.87. The number of aliphatic imine (C=N–C) groups is 1. The van der Waals surface area contributed by atoms with Gasteiger partial charge in [-0.3, -0.25) is 9.89 Å². The zero-order valence-electron chi connectivity index (χ0n) is 17.6. The molecule has 1 unspecified atom stereocenters. The van der Waals surface area contributed by atoms with Crippen molar-refractivity contribution in [1.29, 1.82) is 0 Å². The van der Waals surface area contributed by atoms with E-state index in [4.69, 9.17) is 4.74 Å². The van der Waals surface area contributed by atoms with Crippen LogP contribution in [0.3, 0.4) is 0 Å². The van der Waals surface area contributed by atoms with Crippen molar-refractivity contribution in [2.45, 2.75) is 39.1 Å². The minimum atomic E-state index is 0.485. The second-order valence-corrected chi connectivity index (χ2v) is 7.14. The normalized spacial score (nSPS) is 12.8. The molecular weight excluding hydrogens is 348 g/mol. The highest BCUT2D eigenvalue weighted by Gasteiger charge is 2.09. The molecule has 2 aromatic rings. The van der Waals surface area contributed by atoms with Crippen molar-refractivity contribution in [3.63, 3.8) is 0 Å². The van der Waals surface area contributed by atoms with Gasteiger partial charge in [-0.2, -0.15) is 0 Å². The number of benzene rings is 2. The van der Waals surface area contributed by atoms with Gasteiger partial charge in [-0.1, -0.05) is 54.6 Å². The van der Waals surface area contributed by atoms with Crippen LogP contribution in [0.1, 0.15) is 30.0 Å². The average Bonchev–Trinajstić information content (AvgIpc) is 2.72. The Morgan fingerprint density at radius 1 is 1.00 bits per heavy atom. The minimum Gasteiger partial charge on any atom is -0.380 e. The Morgan fingerprint density at radius 3 is 2.32 bits per heavy atom. The van der Waals surface area contributed by atoms with Crippen molar-refractivity contribution in [3.8, 4) is 0 Å². The van der Waals surface area contributed by atoms with Crippen LogP contribution in [0.25, 0.3) is 0 Å². The number of guanidine groups is 1. The quantitative estimate of drug-likeness (QED) is 0.488. The fourth-order valence-electron chi connectivity index (χ4n) is 2.97. The molecule has 0 aliphatic heterocycles. The second kappa shape index (κ2) is 12.2. The first-order chi connectivity index (χ1) is 13.6. The van der Waals surface area contributed by atoms with Crippen LogP contribution >= 0.6 is 0 Å². The Labute approximate surface area is 169 Å². The summed E-state index contributed by atoms with van der Waals surface area (Å²) < 4.78 is 5.15. The summed E-state index contributed by atoms with van der Waals surface area (Å²) >= 11 is 0. The molecule has 0 spiro atoms. The summed E-state index contributed by atoms with van der Waals surface area (Å²) in [5.74, 6) is 0.832. The Hall–Kier alpha value is -2.37. The third kappa shape index (κ3) is 7.71. The van der Waals surface area contributed by atoms with Gasteiger partial charge in [-0.15, -0.1) is 0 Å². The molecule has 2 N–H and O–H groups in total. The minimum absolute atomic E-state index is 0.485. The number of methoxy groups -OCH3 is 1. The van der Waals surface area contributed by atoms with E-state index < -0.39 is 0 Å². The third-order valence-corrected chi connectivity index (χ3v) is 4.90. The van der Waals surface area contributed by atoms with Crippen molar-refractivity contribution in [1.82, 2.24) is 15.5 Å². The fourth-order valence-corrected chi connectivity index (χ4v) is 2.97. The van der Waals surface area contributed by atoms with Crippen molar-refractivity contribution in [3.05, 3.63) is 71.3 Å². The van der Waals surface area contributed by atoms with Crippen LogP contribution in [-0.4, -0.2) is 44.7 Å². The van der Waals surface area contributed by atoms with E-state index in [1.54, 1.807) is 7.11 Å². The lowest BCUT2D eigenvalue weighted by atomic mass is 10.1. The molecule has 0 aliphatic carbocycles. The molecule has 0 heterocycles. The van der Waals surface area contributed by atoms with Gasteiger partial charge in [0.15, 0.2) is 5.96 Å². The van der Waals surface area contributed by atoms with Crippen molar-refractivity contribution in [2.24, 2.45) is 4.99 Å². The second-order valence-electron chi connectivity index (χ2n) is 7.14. The van der Waals surface area contributed by atoms with Crippen LogP contribution in [0.5, 0.6) is 0 Å². The molecule has 0 fully saturated rings. The van der Waals surface area contributed by atoms with E-state index >= 15 is 0 Å². The molecule has 2 rings (SSSR count). The smallest absolute Gasteiger partial charge is 0.191 e. The zero-order chi connectivity index (χ0) is 20.2. The molecule has 2 aromatic carbocycles. The van der Waals surface area contributed by atoms with E-state index in [1.165, 1.54) is 16.7 Å². The number of nitrogens with zero attached hydrogens (tertiary/aromatic N) is 2. The van der Waals surface area contributed by atoms with Gasteiger partial charge in [0, 0.05) is 39.8 Å². The lowest BCUT2D eigenvalue weighted by molar-refractivity contribution is 0.185. The van der Waals surface area contributed by atoms with E-state index in [0.29, 0.717) is 12.6 Å². The molecule has 0 aromatic heterocycles. The van der Waals surface area contributed by atoms with Gasteiger partial charge in [-0.25, -0.2) is 0 Å². The lowest BCUT2D eigenvalue weighted by Crippen LogP contribution is -2.39. The summed E-state index contributed by atoms with van der Waals surface area (Å²) in [4.78, 5) is 6.70. The molecule has 1 atom stereocenters. The Balaban J connectivity index is 1.69. The standard InChI is InChI=1S/C23H34N4O/c1-19(27(3)17-21-8-6-5-7-9-21)14-15-25-23(24-2)26-16-20-10-12-22(13-11-20)18-28-4/h5-13,19H,14-18H2,1-4H3,(H2,24,25,26). The average molecular weight is 383 g/mol. The lowest BCUT2D eigenvalue weighted by Gasteiger charge is -2.25. The first kappa shape index (κ1) is 21.9. The molecule has 0 aliphatic rings. The van der Waals surface area contributed by atoms with Crippen LogP contribution in [-0.2, 0) is 24.4 Å². The van der Waals surface area contributed by atoms with Crippen LogP contribution < -0.4 is 10.6 Å². The van der Waals surface area contributed by atoms with Gasteiger partial charge in [0.25, 0.3) is 0 Å². The number of hydrogen-bond acceptors (Lipinski definition) is 3. The van der Waals surface area contributed by atoms with Crippen molar-refractivity contribution < 1.29 is 4.74 Å². The molecule has 0 bridgehead atoms. The SMILES string of the molecule is CN=C(NCCC(C)N(C)Cc1ccccc1)NCc1ccc(COC)cc1. The maximum Gasteiger partial charge on any atom is 0.191 e. The molecule has 0 amide bonds. The van der Waals surface area contributed by atoms with Crippen LogP contribution in [0, 0.1) is 0 Å². The predicted molar refractivity (Wildman–Crippen MR) is 117 cm³/mol. The Kier molecular flexibility index (Phi) is 9.52. The Bertz CT molecular complexity index is 700. The maximum absolute atomic E-state index is 5.15. The van der Waals surface area contributed by atoms with Gasteiger partial charge in [0.1, 0.15) is 0 Å². The first-order valence-electron chi connectivity index (χ1n) is 9.87. The molecule has 0 saturated heterocycles. The topological polar surface area (TPSA) is 48.9 Å². The van der Waals surface area contributed by atoms with Gasteiger partial charge in [0.2, 0.25) is 0 Å². The zero-order valence-corrected chi connectivity index (χ0v) is 17.6. The number of ether oxygens (including phenoxy) is 1. The van der Waals surface area contributed by atoms with E-state index in [0.717, 1.165) is 32.0 Å². The highest BCUT2D eigenvalue weighted by molar-refractivity contribution is 5.79. The molecule has 28 heavy (non-hydrogen) atoms. The fraction of sp³-hybridized carbons (Fsp3) is 0.435. The maximum atomic E-state index is 5.15. The summed E-state index contributed by atoms with van der Waals surface area (Å²) in [7, 11) is 5.70. The molecule has 0 saturated carbocycles. The number of rotatable bonds is 10. The number of hydrogen-bond donors (Lipinski definition) is 2. The van der Waals surface area contributed by atoms with Crippen molar-refractivity contribution in [2.75, 3.05) is 27.7 Å². The van der Waals surface area contributed by atoms with Crippen molar-refractivity contribution >= 4 is 5.96 Å². The summed E-state index contributed by atoms with van der Waals surface area (Å²) in [6, 6.07) is 19.5. The Morgan fingerprint density at radius 2 is 1.68 bits per heavy atom. The predicted octanol–water partition coefficient (Wildman–Crippen LogP) is 3.41. The summed E-state index contributed by atoms with van der Waals surface area (Å²) in [6.07, 6.45) is 1.05. The molecule has 5 nitrogen and oxygen atoms in total. The van der Waals surface area contributed by atoms with E-state index in [-0.39, 0.29) is 0 Å². The molecule has 5 heteroatoms. The summed E-state index contributed by atoms with van der Waals surface area (Å²) in [5, 5.41) is 6.79. The van der Waals surface area contributed by atoms with E-state index in [2.05, 4.69) is 89.1 Å². The van der Waals surface area contributed by atoms with E-state index in [9.17, 15) is 0 Å². The summed E-state index contributed by atoms with van der Waals surface area (Å²) in [6.45, 7) is 5.51. The molecule has 152 valence electrons. The van der Waals surface area contributed by atoms with E-state index in [1.807, 2.05) is 7.05 Å². The van der Waals surface area contributed by atoms with Crippen LogP contribution in [0.2, 0.25) is 0 Å².